The Bertz CT molecular complexity index is 1930. The van der Waals surface area contributed by atoms with Gasteiger partial charge in [0.1, 0.15) is 126 Å². The Balaban J connectivity index is 2.26. The van der Waals surface area contributed by atoms with Crippen LogP contribution in [-0.4, -0.2) is 126 Å². The third-order valence-corrected chi connectivity index (χ3v) is 11.6. The Kier molecular flexibility index (Phi) is 7.16. The van der Waals surface area contributed by atoms with Gasteiger partial charge in [-0.15, -0.1) is 32.8 Å². The lowest BCUT2D eigenvalue weighted by molar-refractivity contribution is 1.91. The van der Waals surface area contributed by atoms with E-state index in [-0.39, 0.29) is 0 Å². The Morgan fingerprint density at radius 1 is 0.150 bits per heavy atom. The molecular weight excluding hydrogens is 461 g/mol. The van der Waals surface area contributed by atoms with E-state index in [0.717, 1.165) is 0 Å². The highest BCUT2D eigenvalue weighted by atomic mass is 14.2. The lowest BCUT2D eigenvalue weighted by Gasteiger charge is -2.30. The lowest BCUT2D eigenvalue weighted by atomic mass is 9.56. The molecule has 0 aromatic heterocycles. The average Bonchev–Trinajstić information content (AvgIpc) is 2.92. The smallest absolute Gasteiger partial charge is 0.101 e. The van der Waals surface area contributed by atoms with Crippen LogP contribution in [0.2, 0.25) is 0 Å². The van der Waals surface area contributed by atoms with Crippen molar-refractivity contribution in [2.24, 2.45) is 0 Å². The maximum absolute atomic E-state index is 2.40. The third-order valence-electron chi connectivity index (χ3n) is 11.6. The fraction of sp³-hybridized carbons (Fsp3) is 0. The van der Waals surface area contributed by atoms with Gasteiger partial charge in [0, 0.05) is 0 Å². The SMILES string of the molecule is Bc1c(B)c(B)c2c(B)c(-c3c4c(B)c(B)c(B)c(B)c4c(B)c4c(B)c(B)c(B)c(B)c34)c(B)c(B)c2c1B. The topological polar surface area (TPSA) is 0 Å². The van der Waals surface area contributed by atoms with Gasteiger partial charge in [-0.25, -0.2) is 0 Å². The van der Waals surface area contributed by atoms with Gasteiger partial charge in [0.15, 0.2) is 0 Å². The summed E-state index contributed by atoms with van der Waals surface area (Å²) in [6, 6.07) is 0. The van der Waals surface area contributed by atoms with Gasteiger partial charge in [0.2, 0.25) is 0 Å². The molecule has 0 fully saturated rings. The van der Waals surface area contributed by atoms with Crippen molar-refractivity contribution in [3.05, 3.63) is 0 Å². The molecule has 0 aliphatic carbocycles. The van der Waals surface area contributed by atoms with Crippen LogP contribution in [0.4, 0.5) is 0 Å². The summed E-state index contributed by atoms with van der Waals surface area (Å²) in [6.45, 7) is 0. The zero-order chi connectivity index (χ0) is 29.9. The van der Waals surface area contributed by atoms with Crippen LogP contribution in [0.25, 0.3) is 43.4 Å². The first-order valence-electron chi connectivity index (χ1n) is 15.0. The first kappa shape index (κ1) is 29.4. The van der Waals surface area contributed by atoms with Gasteiger partial charge in [-0.2, -0.15) is 0 Å². The average molecular weight is 494 g/mol. The second-order valence-corrected chi connectivity index (χ2v) is 13.0. The summed E-state index contributed by atoms with van der Waals surface area (Å²) < 4.78 is 0. The van der Waals surface area contributed by atoms with Gasteiger partial charge in [-0.3, -0.25) is 0 Å². The van der Waals surface area contributed by atoms with Crippen LogP contribution in [0.3, 0.4) is 0 Å². The molecule has 0 atom stereocenters. The lowest BCUT2D eigenvalue weighted by Crippen LogP contribution is -2.53. The molecule has 0 N–H and O–H groups in total. The van der Waals surface area contributed by atoms with Gasteiger partial charge < -0.3 is 0 Å². The van der Waals surface area contributed by atoms with Crippen molar-refractivity contribution in [1.29, 1.82) is 0 Å². The minimum Gasteiger partial charge on any atom is -0.101 e. The maximum Gasteiger partial charge on any atom is 0.140 e. The molecule has 16 heteroatoms. The van der Waals surface area contributed by atoms with Crippen LogP contribution >= 0.6 is 0 Å². The Hall–Kier alpha value is -2.08. The summed E-state index contributed by atoms with van der Waals surface area (Å²) in [7, 11) is 37.5. The van der Waals surface area contributed by atoms with E-state index in [1.807, 2.05) is 0 Å². The zero-order valence-electron chi connectivity index (χ0n) is 28.0. The highest BCUT2D eigenvalue weighted by Crippen LogP contribution is 2.30. The predicted octanol–water partition coefficient (Wildman–Crippen LogP) is -21.1. The molecule has 0 nitrogen and oxygen atoms in total. The molecule has 0 bridgehead atoms. The molecule has 0 amide bonds. The van der Waals surface area contributed by atoms with E-state index in [9.17, 15) is 0 Å². The van der Waals surface area contributed by atoms with Crippen LogP contribution in [-0.2, 0) is 0 Å². The molecule has 5 aromatic rings. The summed E-state index contributed by atoms with van der Waals surface area (Å²) in [6.07, 6.45) is 0. The van der Waals surface area contributed by atoms with Crippen LogP contribution in [0.5, 0.6) is 0 Å². The summed E-state index contributed by atoms with van der Waals surface area (Å²) in [5, 5.41) is 8.74. The summed E-state index contributed by atoms with van der Waals surface area (Å²) in [5.41, 5.74) is 25.8. The van der Waals surface area contributed by atoms with Crippen LogP contribution in [0, 0.1) is 0 Å². The van der Waals surface area contributed by atoms with Crippen molar-refractivity contribution in [2.45, 2.75) is 0 Å². The van der Waals surface area contributed by atoms with E-state index in [1.54, 1.807) is 0 Å². The molecule has 0 radical (unpaired) electrons. The third kappa shape index (κ3) is 3.62. The van der Waals surface area contributed by atoms with Crippen LogP contribution in [0.1, 0.15) is 0 Å². The molecular formula is C24H32B16. The quantitative estimate of drug-likeness (QED) is 0.161. The van der Waals surface area contributed by atoms with E-state index >= 15 is 0 Å². The summed E-state index contributed by atoms with van der Waals surface area (Å²) >= 11 is 0. The van der Waals surface area contributed by atoms with Crippen molar-refractivity contribution in [3.63, 3.8) is 0 Å². The normalized spacial score (nSPS) is 11.6. The highest BCUT2D eigenvalue weighted by Gasteiger charge is 2.26. The molecule has 0 spiro atoms. The van der Waals surface area contributed by atoms with E-state index in [2.05, 4.69) is 126 Å². The molecule has 0 unspecified atom stereocenters. The van der Waals surface area contributed by atoms with E-state index in [1.165, 1.54) is 131 Å². The first-order valence-corrected chi connectivity index (χ1v) is 15.0. The fourth-order valence-corrected chi connectivity index (χ4v) is 8.09. The second-order valence-electron chi connectivity index (χ2n) is 13.0. The van der Waals surface area contributed by atoms with E-state index < -0.39 is 0 Å². The molecule has 0 aliphatic heterocycles. The predicted molar refractivity (Wildman–Crippen MR) is 235 cm³/mol. The maximum atomic E-state index is 2.40. The molecule has 5 rings (SSSR count). The second kappa shape index (κ2) is 9.74. The van der Waals surface area contributed by atoms with E-state index in [0.29, 0.717) is 0 Å². The summed E-state index contributed by atoms with van der Waals surface area (Å²) in [4.78, 5) is 0. The molecule has 0 saturated carbocycles. The number of rotatable bonds is 1. The zero-order valence-corrected chi connectivity index (χ0v) is 28.0. The van der Waals surface area contributed by atoms with Crippen LogP contribution < -0.4 is 87.4 Å². The molecule has 0 saturated heterocycles. The van der Waals surface area contributed by atoms with Crippen molar-refractivity contribution in [3.8, 4) is 11.1 Å². The number of fused-ring (bicyclic) bond motifs is 3. The highest BCUT2D eigenvalue weighted by molar-refractivity contribution is 6.76. The first-order chi connectivity index (χ1) is 18.6. The molecule has 40 heavy (non-hydrogen) atoms. The van der Waals surface area contributed by atoms with Crippen molar-refractivity contribution in [1.82, 2.24) is 0 Å². The Morgan fingerprint density at radius 2 is 0.375 bits per heavy atom. The van der Waals surface area contributed by atoms with Gasteiger partial charge in [0.05, 0.1) is 0 Å². The largest absolute Gasteiger partial charge is 0.140 e. The molecule has 5 aromatic carbocycles. The van der Waals surface area contributed by atoms with Gasteiger partial charge in [0.25, 0.3) is 0 Å². The molecule has 0 aliphatic rings. The summed E-state index contributed by atoms with van der Waals surface area (Å²) in [5.74, 6) is 0. The van der Waals surface area contributed by atoms with Crippen molar-refractivity contribution in [2.75, 3.05) is 0 Å². The van der Waals surface area contributed by atoms with Gasteiger partial charge >= 0.3 is 0 Å². The molecule has 176 valence electrons. The van der Waals surface area contributed by atoms with Gasteiger partial charge in [-0.1, -0.05) is 54.6 Å². The Morgan fingerprint density at radius 3 is 0.700 bits per heavy atom. The monoisotopic (exact) mass is 496 g/mol. The number of hydrogen-bond acceptors (Lipinski definition) is 0. The minimum atomic E-state index is 1.42. The molecule has 0 heterocycles. The Labute approximate surface area is 255 Å². The van der Waals surface area contributed by atoms with E-state index in [4.69, 9.17) is 0 Å². The van der Waals surface area contributed by atoms with Crippen molar-refractivity contribution >= 4 is 245 Å². The fourth-order valence-electron chi connectivity index (χ4n) is 8.09. The number of benzene rings is 5. The van der Waals surface area contributed by atoms with Crippen LogP contribution in [0.15, 0.2) is 0 Å². The van der Waals surface area contributed by atoms with Gasteiger partial charge in [-0.05, 0) is 43.4 Å². The minimum absolute atomic E-state index is 1.42. The standard InChI is InChI=1S/C24H32B16/c25-9-4(13(29)14(30)8-7(9)17(33)23(39)24(40)18(8)34)1-2-5(15(31)21(37)19(35)11(2)27)10(26)6-3(1)12(28)20(36)22(38)16(6)32/h25-40H2. The number of hydrogen-bond donors (Lipinski definition) is 0. The van der Waals surface area contributed by atoms with Crippen molar-refractivity contribution < 1.29 is 0 Å².